The number of methoxy groups -OCH3 is 1. The molecule has 0 aromatic heterocycles. The first-order chi connectivity index (χ1) is 18.7. The smallest absolute Gasteiger partial charge is 0.264 e. The molecule has 0 saturated heterocycles. The molecule has 39 heavy (non-hydrogen) atoms. The van der Waals surface area contributed by atoms with Crippen molar-refractivity contribution in [3.63, 3.8) is 0 Å². The molecule has 0 saturated carbocycles. The third-order valence-electron chi connectivity index (χ3n) is 6.41. The van der Waals surface area contributed by atoms with E-state index >= 15 is 0 Å². The molecule has 0 aliphatic carbocycles. The van der Waals surface area contributed by atoms with Crippen LogP contribution in [0.4, 0.5) is 5.69 Å². The van der Waals surface area contributed by atoms with Gasteiger partial charge in [0.1, 0.15) is 18.3 Å². The van der Waals surface area contributed by atoms with E-state index in [1.54, 1.807) is 37.3 Å². The van der Waals surface area contributed by atoms with Crippen molar-refractivity contribution in [2.75, 3.05) is 31.0 Å². The van der Waals surface area contributed by atoms with Gasteiger partial charge in [-0.2, -0.15) is 0 Å². The maximum Gasteiger partial charge on any atom is 0.264 e. The summed E-state index contributed by atoms with van der Waals surface area (Å²) in [6.45, 7) is 5.68. The molecule has 0 radical (unpaired) electrons. The second kappa shape index (κ2) is 13.8. The Balaban J connectivity index is 2.02. The normalized spacial score (nSPS) is 11.9. The standard InChI is InChI=1S/C30H37N3O5S/c1-5-19-31-30(35)24(3)32(20-18-25-12-8-6-9-13-25)29(34)22-33(27-21-23(2)16-17-28(27)38-4)39(36,37)26-14-10-7-11-15-26/h6-17,21,24H,5,18-20,22H2,1-4H3,(H,31,35)/t24-/m0/s1. The molecule has 3 rings (SSSR count). The van der Waals surface area contributed by atoms with E-state index in [-0.39, 0.29) is 23.0 Å². The minimum absolute atomic E-state index is 0.0472. The highest BCUT2D eigenvalue weighted by Gasteiger charge is 2.33. The number of rotatable bonds is 13. The van der Waals surface area contributed by atoms with E-state index in [2.05, 4.69) is 5.32 Å². The zero-order valence-electron chi connectivity index (χ0n) is 23.0. The summed E-state index contributed by atoms with van der Waals surface area (Å²) in [4.78, 5) is 28.4. The van der Waals surface area contributed by atoms with Gasteiger partial charge in [-0.15, -0.1) is 0 Å². The van der Waals surface area contributed by atoms with Crippen molar-refractivity contribution in [1.82, 2.24) is 10.2 Å². The van der Waals surface area contributed by atoms with Crippen LogP contribution < -0.4 is 14.4 Å². The second-order valence-corrected chi connectivity index (χ2v) is 11.2. The van der Waals surface area contributed by atoms with Crippen LogP contribution in [0.25, 0.3) is 0 Å². The van der Waals surface area contributed by atoms with Crippen molar-refractivity contribution in [2.24, 2.45) is 0 Å². The van der Waals surface area contributed by atoms with Gasteiger partial charge in [0.25, 0.3) is 10.0 Å². The van der Waals surface area contributed by atoms with Crippen molar-refractivity contribution in [3.05, 3.63) is 90.0 Å². The number of nitrogens with zero attached hydrogens (tertiary/aromatic N) is 2. The maximum absolute atomic E-state index is 13.9. The first-order valence-electron chi connectivity index (χ1n) is 13.0. The molecule has 208 valence electrons. The third-order valence-corrected chi connectivity index (χ3v) is 8.19. The van der Waals surface area contributed by atoms with E-state index in [0.717, 1.165) is 21.9 Å². The molecule has 3 aromatic carbocycles. The average molecular weight is 552 g/mol. The number of amides is 2. The molecule has 0 bridgehead atoms. The summed E-state index contributed by atoms with van der Waals surface area (Å²) in [5.41, 5.74) is 2.06. The van der Waals surface area contributed by atoms with Gasteiger partial charge in [0, 0.05) is 13.1 Å². The number of nitrogens with one attached hydrogen (secondary N) is 1. The number of aryl methyl sites for hydroxylation is 1. The van der Waals surface area contributed by atoms with Crippen LogP contribution in [0, 0.1) is 6.92 Å². The van der Waals surface area contributed by atoms with E-state index in [1.165, 1.54) is 24.1 Å². The van der Waals surface area contributed by atoms with Gasteiger partial charge in [0.15, 0.2) is 0 Å². The lowest BCUT2D eigenvalue weighted by Gasteiger charge is -2.32. The van der Waals surface area contributed by atoms with Gasteiger partial charge in [-0.1, -0.05) is 61.5 Å². The summed E-state index contributed by atoms with van der Waals surface area (Å²) in [7, 11) is -2.70. The van der Waals surface area contributed by atoms with Crippen LogP contribution >= 0.6 is 0 Å². The fourth-order valence-electron chi connectivity index (χ4n) is 4.19. The molecule has 8 nitrogen and oxygen atoms in total. The number of carbonyl (C=O) groups excluding carboxylic acids is 2. The Morgan fingerprint density at radius 1 is 0.974 bits per heavy atom. The highest BCUT2D eigenvalue weighted by atomic mass is 32.2. The first-order valence-corrected chi connectivity index (χ1v) is 14.5. The van der Waals surface area contributed by atoms with Gasteiger partial charge < -0.3 is 15.0 Å². The monoisotopic (exact) mass is 551 g/mol. The summed E-state index contributed by atoms with van der Waals surface area (Å²) < 4.78 is 34.4. The van der Waals surface area contributed by atoms with Crippen molar-refractivity contribution < 1.29 is 22.7 Å². The SMILES string of the molecule is CCCNC(=O)[C@H](C)N(CCc1ccccc1)C(=O)CN(c1cc(C)ccc1OC)S(=O)(=O)c1ccccc1. The summed E-state index contributed by atoms with van der Waals surface area (Å²) in [6, 6.07) is 22.0. The number of hydrogen-bond acceptors (Lipinski definition) is 5. The molecule has 0 aliphatic rings. The Labute approximate surface area is 231 Å². The fraction of sp³-hybridized carbons (Fsp3) is 0.333. The van der Waals surface area contributed by atoms with Crippen LogP contribution in [-0.4, -0.2) is 57.9 Å². The minimum Gasteiger partial charge on any atom is -0.495 e. The quantitative estimate of drug-likeness (QED) is 0.344. The van der Waals surface area contributed by atoms with Gasteiger partial charge in [0.2, 0.25) is 11.8 Å². The largest absolute Gasteiger partial charge is 0.495 e. The lowest BCUT2D eigenvalue weighted by Crippen LogP contribution is -2.52. The van der Waals surface area contributed by atoms with Crippen molar-refractivity contribution >= 4 is 27.5 Å². The molecule has 1 N–H and O–H groups in total. The molecular weight excluding hydrogens is 514 g/mol. The first kappa shape index (κ1) is 29.7. The van der Waals surface area contributed by atoms with E-state index in [1.807, 2.05) is 50.2 Å². The van der Waals surface area contributed by atoms with Crippen LogP contribution in [0.2, 0.25) is 0 Å². The van der Waals surface area contributed by atoms with Crippen LogP contribution in [0.1, 0.15) is 31.4 Å². The van der Waals surface area contributed by atoms with Crippen LogP contribution in [0.5, 0.6) is 5.75 Å². The van der Waals surface area contributed by atoms with E-state index in [0.29, 0.717) is 18.7 Å². The number of hydrogen-bond donors (Lipinski definition) is 1. The molecule has 0 aliphatic heterocycles. The van der Waals surface area contributed by atoms with Gasteiger partial charge in [-0.05, 0) is 62.1 Å². The van der Waals surface area contributed by atoms with Crippen LogP contribution in [0.15, 0.2) is 83.8 Å². The van der Waals surface area contributed by atoms with Crippen LogP contribution in [0.3, 0.4) is 0 Å². The zero-order valence-corrected chi connectivity index (χ0v) is 23.8. The Morgan fingerprint density at radius 3 is 2.23 bits per heavy atom. The predicted octanol–water partition coefficient (Wildman–Crippen LogP) is 4.18. The summed E-state index contributed by atoms with van der Waals surface area (Å²) >= 11 is 0. The lowest BCUT2D eigenvalue weighted by molar-refractivity contribution is -0.138. The number of carbonyl (C=O) groups is 2. The molecule has 0 fully saturated rings. The van der Waals surface area contributed by atoms with Gasteiger partial charge >= 0.3 is 0 Å². The Kier molecular flexibility index (Phi) is 10.5. The Hall–Kier alpha value is -3.85. The molecule has 2 amide bonds. The summed E-state index contributed by atoms with van der Waals surface area (Å²) in [5, 5.41) is 2.85. The highest BCUT2D eigenvalue weighted by Crippen LogP contribution is 2.33. The molecule has 0 heterocycles. The molecular formula is C30H37N3O5S. The average Bonchev–Trinajstić information content (AvgIpc) is 2.95. The Morgan fingerprint density at radius 2 is 1.62 bits per heavy atom. The minimum atomic E-state index is -4.15. The molecule has 0 unspecified atom stereocenters. The number of benzene rings is 3. The Bertz CT molecular complexity index is 1350. The molecule has 9 heteroatoms. The molecule has 1 atom stereocenters. The maximum atomic E-state index is 13.9. The topological polar surface area (TPSA) is 96.0 Å². The van der Waals surface area contributed by atoms with E-state index in [4.69, 9.17) is 4.74 Å². The highest BCUT2D eigenvalue weighted by molar-refractivity contribution is 7.92. The molecule has 0 spiro atoms. The van der Waals surface area contributed by atoms with Crippen molar-refractivity contribution in [2.45, 2.75) is 44.6 Å². The summed E-state index contributed by atoms with van der Waals surface area (Å²) in [6.07, 6.45) is 1.27. The van der Waals surface area contributed by atoms with Gasteiger partial charge in [-0.3, -0.25) is 13.9 Å². The van der Waals surface area contributed by atoms with Crippen molar-refractivity contribution in [1.29, 1.82) is 0 Å². The number of ether oxygens (including phenoxy) is 1. The van der Waals surface area contributed by atoms with E-state index in [9.17, 15) is 18.0 Å². The number of anilines is 1. The second-order valence-electron chi connectivity index (χ2n) is 9.29. The zero-order chi connectivity index (χ0) is 28.4. The fourth-order valence-corrected chi connectivity index (χ4v) is 5.63. The van der Waals surface area contributed by atoms with Gasteiger partial charge in [0.05, 0.1) is 17.7 Å². The van der Waals surface area contributed by atoms with Gasteiger partial charge in [-0.25, -0.2) is 8.42 Å². The predicted molar refractivity (Wildman–Crippen MR) is 153 cm³/mol. The number of sulfonamides is 1. The molecule has 3 aromatic rings. The van der Waals surface area contributed by atoms with E-state index < -0.39 is 28.5 Å². The van der Waals surface area contributed by atoms with Crippen LogP contribution in [-0.2, 0) is 26.0 Å². The lowest BCUT2D eigenvalue weighted by atomic mass is 10.1. The summed E-state index contributed by atoms with van der Waals surface area (Å²) in [5.74, 6) is -0.463. The van der Waals surface area contributed by atoms with Crippen molar-refractivity contribution in [3.8, 4) is 5.75 Å². The third kappa shape index (κ3) is 7.60.